The van der Waals surface area contributed by atoms with E-state index in [2.05, 4.69) is 0 Å². The molecule has 0 heterocycles. The fourth-order valence-corrected chi connectivity index (χ4v) is 2.83. The van der Waals surface area contributed by atoms with Crippen LogP contribution in [0.2, 0.25) is 0 Å². The first kappa shape index (κ1) is 21.7. The summed E-state index contributed by atoms with van der Waals surface area (Å²) in [5.41, 5.74) is 0. The molecule has 0 bridgehead atoms. The molecule has 0 fully saturated rings. The van der Waals surface area contributed by atoms with Crippen molar-refractivity contribution in [2.24, 2.45) is 0 Å². The van der Waals surface area contributed by atoms with Gasteiger partial charge in [0, 0.05) is 35.5 Å². The van der Waals surface area contributed by atoms with Crippen molar-refractivity contribution in [3.05, 3.63) is 0 Å². The van der Waals surface area contributed by atoms with Crippen LogP contribution in [0.15, 0.2) is 0 Å². The Kier molecular flexibility index (Phi) is 9.01. The molecule has 134 valence electrons. The minimum absolute atomic E-state index is 0.379. The fraction of sp³-hybridized carbons (Fsp3) is 1.00. The summed E-state index contributed by atoms with van der Waals surface area (Å²) < 4.78 is 33.1. The van der Waals surface area contributed by atoms with E-state index in [-0.39, 0.29) is 6.10 Å². The second-order valence-electron chi connectivity index (χ2n) is 5.23. The molecule has 0 rings (SSSR count). The molecule has 7 nitrogen and oxygen atoms in total. The van der Waals surface area contributed by atoms with Gasteiger partial charge < -0.3 is 33.5 Å². The molecule has 22 heavy (non-hydrogen) atoms. The van der Waals surface area contributed by atoms with Crippen molar-refractivity contribution >= 4 is 0 Å². The van der Waals surface area contributed by atoms with Gasteiger partial charge in [-0.2, -0.15) is 0 Å². The first-order valence-corrected chi connectivity index (χ1v) is 7.29. The van der Waals surface area contributed by atoms with E-state index in [9.17, 15) is 5.11 Å². The topological polar surface area (TPSA) is 75.6 Å². The highest BCUT2D eigenvalue weighted by Crippen LogP contribution is 2.31. The Labute approximate surface area is 133 Å². The number of rotatable bonds is 11. The molecular formula is C15H32O7. The largest absolute Gasteiger partial charge is 0.388 e. The van der Waals surface area contributed by atoms with Crippen LogP contribution in [0.25, 0.3) is 0 Å². The van der Waals surface area contributed by atoms with Crippen molar-refractivity contribution < 1.29 is 33.5 Å². The Morgan fingerprint density at radius 3 is 1.27 bits per heavy atom. The molecule has 0 radical (unpaired) electrons. The van der Waals surface area contributed by atoms with Gasteiger partial charge in [0.25, 0.3) is 0 Å². The van der Waals surface area contributed by atoms with Crippen molar-refractivity contribution in [2.45, 2.75) is 63.7 Å². The Morgan fingerprint density at radius 2 is 1.00 bits per heavy atom. The lowest BCUT2D eigenvalue weighted by Crippen LogP contribution is -2.60. The van der Waals surface area contributed by atoms with E-state index < -0.39 is 29.9 Å². The summed E-state index contributed by atoms with van der Waals surface area (Å²) >= 11 is 0. The lowest BCUT2D eigenvalue weighted by Gasteiger charge is -2.44. The Hall–Kier alpha value is -0.280. The third-order valence-electron chi connectivity index (χ3n) is 4.32. The predicted molar refractivity (Wildman–Crippen MR) is 81.7 cm³/mol. The summed E-state index contributed by atoms with van der Waals surface area (Å²) in [5.74, 6) is -2.40. The maximum Gasteiger partial charge on any atom is 0.220 e. The van der Waals surface area contributed by atoms with E-state index in [1.54, 1.807) is 27.9 Å². The molecule has 0 aromatic carbocycles. The van der Waals surface area contributed by atoms with Crippen LogP contribution in [0.1, 0.15) is 27.7 Å². The number of hydrogen-bond acceptors (Lipinski definition) is 7. The maximum atomic E-state index is 10.0. The van der Waals surface area contributed by atoms with Crippen LogP contribution < -0.4 is 0 Å². The van der Waals surface area contributed by atoms with E-state index in [1.165, 1.54) is 28.4 Å². The van der Waals surface area contributed by atoms with E-state index >= 15 is 0 Å². The highest BCUT2D eigenvalue weighted by atomic mass is 16.7. The number of methoxy groups -OCH3 is 5. The molecule has 0 aromatic heterocycles. The molecule has 7 heteroatoms. The van der Waals surface area contributed by atoms with Gasteiger partial charge in [-0.1, -0.05) is 0 Å². The van der Waals surface area contributed by atoms with Crippen LogP contribution in [0.5, 0.6) is 0 Å². The molecule has 0 saturated heterocycles. The number of hydrogen-bond donors (Lipinski definition) is 1. The standard InChI is InChI=1S/C15H32O7/c1-10(16)14(18-6,19-7)12(3)22-13(4)15(20-8,21-9)11(2)17-5/h10-13,16H,1-9H3. The Balaban J connectivity index is 5.33. The van der Waals surface area contributed by atoms with Gasteiger partial charge in [0.1, 0.15) is 24.4 Å². The van der Waals surface area contributed by atoms with Crippen molar-refractivity contribution in [3.8, 4) is 0 Å². The van der Waals surface area contributed by atoms with Crippen molar-refractivity contribution in [1.29, 1.82) is 0 Å². The lowest BCUT2D eigenvalue weighted by atomic mass is 10.0. The van der Waals surface area contributed by atoms with Gasteiger partial charge in [-0.15, -0.1) is 0 Å². The van der Waals surface area contributed by atoms with Gasteiger partial charge in [-0.3, -0.25) is 0 Å². The highest BCUT2D eigenvalue weighted by Gasteiger charge is 2.49. The molecule has 0 amide bonds. The van der Waals surface area contributed by atoms with Gasteiger partial charge >= 0.3 is 0 Å². The van der Waals surface area contributed by atoms with Gasteiger partial charge in [0.2, 0.25) is 11.6 Å². The van der Waals surface area contributed by atoms with E-state index in [0.29, 0.717) is 0 Å². The smallest absolute Gasteiger partial charge is 0.220 e. The Morgan fingerprint density at radius 1 is 0.636 bits per heavy atom. The molecule has 0 aliphatic rings. The average Bonchev–Trinajstić information content (AvgIpc) is 2.50. The summed E-state index contributed by atoms with van der Waals surface area (Å²) in [7, 11) is 7.53. The molecule has 0 aliphatic heterocycles. The molecule has 0 aromatic rings. The summed E-state index contributed by atoms with van der Waals surface area (Å²) in [4.78, 5) is 0. The first-order valence-electron chi connectivity index (χ1n) is 7.29. The summed E-state index contributed by atoms with van der Waals surface area (Å²) in [6.45, 7) is 6.96. The second kappa shape index (κ2) is 9.12. The third-order valence-corrected chi connectivity index (χ3v) is 4.32. The van der Waals surface area contributed by atoms with Gasteiger partial charge in [-0.25, -0.2) is 0 Å². The van der Waals surface area contributed by atoms with Crippen molar-refractivity contribution in [1.82, 2.24) is 0 Å². The average molecular weight is 324 g/mol. The molecular weight excluding hydrogens is 292 g/mol. The van der Waals surface area contributed by atoms with Gasteiger partial charge in [0.05, 0.1) is 0 Å². The lowest BCUT2D eigenvalue weighted by molar-refractivity contribution is -0.350. The zero-order chi connectivity index (χ0) is 17.6. The van der Waals surface area contributed by atoms with Crippen LogP contribution in [0.4, 0.5) is 0 Å². The van der Waals surface area contributed by atoms with E-state index in [0.717, 1.165) is 0 Å². The predicted octanol–water partition coefficient (Wildman–Crippen LogP) is 1.17. The molecule has 4 atom stereocenters. The minimum Gasteiger partial charge on any atom is -0.388 e. The van der Waals surface area contributed by atoms with Gasteiger partial charge in [-0.05, 0) is 27.7 Å². The van der Waals surface area contributed by atoms with Crippen molar-refractivity contribution in [2.75, 3.05) is 35.5 Å². The molecule has 0 spiro atoms. The zero-order valence-electron chi connectivity index (χ0n) is 15.2. The maximum absolute atomic E-state index is 10.0. The third kappa shape index (κ3) is 3.97. The Bertz CT molecular complexity index is 300. The normalized spacial score (nSPS) is 18.8. The van der Waals surface area contributed by atoms with Crippen LogP contribution in [0.3, 0.4) is 0 Å². The number of ether oxygens (including phenoxy) is 6. The molecule has 0 aliphatic carbocycles. The number of aliphatic hydroxyl groups is 1. The molecule has 4 unspecified atom stereocenters. The van der Waals surface area contributed by atoms with Gasteiger partial charge in [0.15, 0.2) is 0 Å². The summed E-state index contributed by atoms with van der Waals surface area (Å²) in [6.07, 6.45) is -2.39. The summed E-state index contributed by atoms with van der Waals surface area (Å²) in [5, 5.41) is 10.0. The first-order chi connectivity index (χ1) is 10.2. The molecule has 1 N–H and O–H groups in total. The highest BCUT2D eigenvalue weighted by molar-refractivity contribution is 4.88. The fourth-order valence-electron chi connectivity index (χ4n) is 2.83. The van der Waals surface area contributed by atoms with Crippen LogP contribution in [-0.2, 0) is 28.4 Å². The van der Waals surface area contributed by atoms with Crippen LogP contribution >= 0.6 is 0 Å². The molecule has 0 saturated carbocycles. The SMILES string of the molecule is COC(C)C(OC)(OC)C(C)OC(C)C(OC)(OC)C(C)O. The number of aliphatic hydroxyl groups excluding tert-OH is 1. The minimum atomic E-state index is -1.29. The van der Waals surface area contributed by atoms with E-state index in [1.807, 2.05) is 6.92 Å². The summed E-state index contributed by atoms with van der Waals surface area (Å²) in [6, 6.07) is 0. The quantitative estimate of drug-likeness (QED) is 0.572. The second-order valence-corrected chi connectivity index (χ2v) is 5.23. The zero-order valence-corrected chi connectivity index (χ0v) is 15.2. The van der Waals surface area contributed by atoms with Crippen LogP contribution in [-0.4, -0.2) is 76.6 Å². The van der Waals surface area contributed by atoms with E-state index in [4.69, 9.17) is 28.4 Å². The van der Waals surface area contributed by atoms with Crippen molar-refractivity contribution in [3.63, 3.8) is 0 Å². The monoisotopic (exact) mass is 324 g/mol. The van der Waals surface area contributed by atoms with Crippen LogP contribution in [0, 0.1) is 0 Å².